The average molecular weight is 290 g/mol. The molecule has 0 amide bonds. The van der Waals surface area contributed by atoms with Crippen LogP contribution in [-0.4, -0.2) is 28.0 Å². The molecule has 0 unspecified atom stereocenters. The van der Waals surface area contributed by atoms with Crippen molar-refractivity contribution in [1.29, 1.82) is 0 Å². The number of hydrogen-bond acceptors (Lipinski definition) is 5. The summed E-state index contributed by atoms with van der Waals surface area (Å²) in [5, 5.41) is 0. The van der Waals surface area contributed by atoms with Gasteiger partial charge in [-0.05, 0) is 31.0 Å². The van der Waals surface area contributed by atoms with Gasteiger partial charge in [0.15, 0.2) is 0 Å². The molecule has 8 heteroatoms. The van der Waals surface area contributed by atoms with E-state index < -0.39 is 28.4 Å². The lowest BCUT2D eigenvalue weighted by molar-refractivity contribution is -0.139. The van der Waals surface area contributed by atoms with E-state index in [9.17, 15) is 17.6 Å². The summed E-state index contributed by atoms with van der Waals surface area (Å²) in [6.07, 6.45) is 0. The van der Waals surface area contributed by atoms with Crippen LogP contribution in [0, 0.1) is 19.7 Å². The molecule has 0 saturated heterocycles. The fraction of sp³-hybridized carbons (Fsp3) is 0.364. The van der Waals surface area contributed by atoms with Gasteiger partial charge in [0.1, 0.15) is 12.4 Å². The van der Waals surface area contributed by atoms with Crippen molar-refractivity contribution in [3.05, 3.63) is 23.0 Å². The minimum Gasteiger partial charge on any atom is -0.468 e. The average Bonchev–Trinajstić information content (AvgIpc) is 2.33. The maximum Gasteiger partial charge on any atom is 0.320 e. The van der Waals surface area contributed by atoms with Gasteiger partial charge in [0.25, 0.3) is 0 Å². The molecule has 0 radical (unpaired) electrons. The third-order valence-corrected chi connectivity index (χ3v) is 4.30. The van der Waals surface area contributed by atoms with Crippen molar-refractivity contribution >= 4 is 21.7 Å². The maximum absolute atomic E-state index is 13.4. The lowest BCUT2D eigenvalue weighted by Gasteiger charge is -2.13. The zero-order chi connectivity index (χ0) is 14.8. The first-order valence-corrected chi connectivity index (χ1v) is 6.80. The Bertz CT molecular complexity index is 614. The number of carbonyl (C=O) groups excluding carboxylic acids is 1. The van der Waals surface area contributed by atoms with Crippen LogP contribution in [0.1, 0.15) is 11.1 Å². The lowest BCUT2D eigenvalue weighted by Crippen LogP contribution is -2.31. The van der Waals surface area contributed by atoms with Crippen molar-refractivity contribution in [1.82, 2.24) is 4.72 Å². The molecule has 6 nitrogen and oxygen atoms in total. The molecular formula is C11H15FN2O4S. The molecule has 0 heterocycles. The minimum absolute atomic E-state index is 0.106. The van der Waals surface area contributed by atoms with Crippen LogP contribution in [0.2, 0.25) is 0 Å². The normalized spacial score (nSPS) is 11.4. The van der Waals surface area contributed by atoms with Crippen LogP contribution in [-0.2, 0) is 19.6 Å². The summed E-state index contributed by atoms with van der Waals surface area (Å²) in [5.74, 6) is -1.41. The Morgan fingerprint density at radius 2 is 2.05 bits per heavy atom. The van der Waals surface area contributed by atoms with Gasteiger partial charge in [-0.1, -0.05) is 0 Å². The van der Waals surface area contributed by atoms with E-state index in [1.54, 1.807) is 0 Å². The van der Waals surface area contributed by atoms with Gasteiger partial charge in [0, 0.05) is 0 Å². The molecule has 1 rings (SSSR count). The SMILES string of the molecule is COC(=O)CNS(=O)(=O)c1c(C)cc(F)c(N)c1C. The number of halogens is 1. The van der Waals surface area contributed by atoms with Gasteiger partial charge in [0.2, 0.25) is 10.0 Å². The predicted molar refractivity (Wildman–Crippen MR) is 67.5 cm³/mol. The van der Waals surface area contributed by atoms with E-state index >= 15 is 0 Å². The van der Waals surface area contributed by atoms with E-state index in [2.05, 4.69) is 9.46 Å². The second kappa shape index (κ2) is 5.54. The quantitative estimate of drug-likeness (QED) is 0.620. The van der Waals surface area contributed by atoms with Crippen molar-refractivity contribution in [2.24, 2.45) is 0 Å². The zero-order valence-electron chi connectivity index (χ0n) is 10.8. The standard InChI is InChI=1S/C11H15FN2O4S/c1-6-4-8(12)10(13)7(2)11(6)19(16,17)14-5-9(15)18-3/h4,14H,5,13H2,1-3H3. The lowest BCUT2D eigenvalue weighted by atomic mass is 10.1. The van der Waals surface area contributed by atoms with Gasteiger partial charge in [-0.3, -0.25) is 4.79 Å². The highest BCUT2D eigenvalue weighted by Crippen LogP contribution is 2.27. The number of nitrogens with two attached hydrogens (primary N) is 1. The number of benzene rings is 1. The second-order valence-corrected chi connectivity index (χ2v) is 5.65. The largest absolute Gasteiger partial charge is 0.468 e. The molecule has 0 atom stereocenters. The Hall–Kier alpha value is -1.67. The van der Waals surface area contributed by atoms with Crippen molar-refractivity contribution < 1.29 is 22.3 Å². The number of sulfonamides is 1. The fourth-order valence-corrected chi connectivity index (χ4v) is 3.09. The number of carbonyl (C=O) groups is 1. The van der Waals surface area contributed by atoms with E-state index in [1.807, 2.05) is 0 Å². The Kier molecular flexibility index (Phi) is 4.48. The number of hydrogen-bond donors (Lipinski definition) is 2. The molecule has 106 valence electrons. The summed E-state index contributed by atoms with van der Waals surface area (Å²) in [6.45, 7) is 2.34. The predicted octanol–water partition coefficient (Wildman–Crippen LogP) is 0.476. The topological polar surface area (TPSA) is 98.5 Å². The first-order chi connectivity index (χ1) is 8.70. The highest BCUT2D eigenvalue weighted by atomic mass is 32.2. The summed E-state index contributed by atoms with van der Waals surface area (Å²) in [7, 11) is -2.82. The Balaban J connectivity index is 3.22. The molecular weight excluding hydrogens is 275 g/mol. The minimum atomic E-state index is -3.96. The molecule has 0 aliphatic heterocycles. The number of esters is 1. The molecule has 0 bridgehead atoms. The number of aryl methyl sites for hydroxylation is 1. The molecule has 0 aromatic heterocycles. The van der Waals surface area contributed by atoms with Gasteiger partial charge in [0.05, 0.1) is 17.7 Å². The summed E-state index contributed by atoms with van der Waals surface area (Å²) in [6, 6.07) is 1.04. The Morgan fingerprint density at radius 1 is 1.47 bits per heavy atom. The van der Waals surface area contributed by atoms with Crippen LogP contribution >= 0.6 is 0 Å². The smallest absolute Gasteiger partial charge is 0.320 e. The summed E-state index contributed by atoms with van der Waals surface area (Å²) in [4.78, 5) is 10.8. The fourth-order valence-electron chi connectivity index (χ4n) is 1.64. The van der Waals surface area contributed by atoms with Crippen LogP contribution in [0.25, 0.3) is 0 Å². The van der Waals surface area contributed by atoms with Crippen molar-refractivity contribution in [3.8, 4) is 0 Å². The summed E-state index contributed by atoms with van der Waals surface area (Å²) in [5.41, 5.74) is 5.56. The molecule has 19 heavy (non-hydrogen) atoms. The summed E-state index contributed by atoms with van der Waals surface area (Å²) >= 11 is 0. The van der Waals surface area contributed by atoms with Crippen molar-refractivity contribution in [2.75, 3.05) is 19.4 Å². The highest BCUT2D eigenvalue weighted by molar-refractivity contribution is 7.89. The van der Waals surface area contributed by atoms with Crippen LogP contribution in [0.5, 0.6) is 0 Å². The summed E-state index contributed by atoms with van der Waals surface area (Å²) < 4.78 is 43.9. The van der Waals surface area contributed by atoms with Crippen LogP contribution < -0.4 is 10.5 Å². The van der Waals surface area contributed by atoms with Crippen molar-refractivity contribution in [2.45, 2.75) is 18.7 Å². The Labute approximate surface area is 110 Å². The molecule has 0 fully saturated rings. The van der Waals surface area contributed by atoms with E-state index in [4.69, 9.17) is 5.73 Å². The first kappa shape index (κ1) is 15.4. The van der Waals surface area contributed by atoms with Gasteiger partial charge < -0.3 is 10.5 Å². The van der Waals surface area contributed by atoms with E-state index in [1.165, 1.54) is 13.8 Å². The highest BCUT2D eigenvalue weighted by Gasteiger charge is 2.23. The van der Waals surface area contributed by atoms with Crippen LogP contribution in [0.4, 0.5) is 10.1 Å². The van der Waals surface area contributed by atoms with Gasteiger partial charge in [-0.2, -0.15) is 4.72 Å². The Morgan fingerprint density at radius 3 is 2.58 bits per heavy atom. The molecule has 0 saturated carbocycles. The van der Waals surface area contributed by atoms with E-state index in [-0.39, 0.29) is 21.7 Å². The first-order valence-electron chi connectivity index (χ1n) is 5.32. The second-order valence-electron chi connectivity index (χ2n) is 3.94. The molecule has 0 spiro atoms. The number of nitrogens with one attached hydrogen (secondary N) is 1. The zero-order valence-corrected chi connectivity index (χ0v) is 11.6. The number of nitrogen functional groups attached to an aromatic ring is 1. The van der Waals surface area contributed by atoms with Crippen LogP contribution in [0.3, 0.4) is 0 Å². The molecule has 1 aromatic carbocycles. The van der Waals surface area contributed by atoms with Gasteiger partial charge >= 0.3 is 5.97 Å². The number of ether oxygens (including phenoxy) is 1. The number of methoxy groups -OCH3 is 1. The molecule has 0 aliphatic rings. The monoisotopic (exact) mass is 290 g/mol. The number of anilines is 1. The van der Waals surface area contributed by atoms with Gasteiger partial charge in [-0.25, -0.2) is 12.8 Å². The third-order valence-electron chi connectivity index (χ3n) is 2.61. The van der Waals surface area contributed by atoms with E-state index in [0.29, 0.717) is 0 Å². The van der Waals surface area contributed by atoms with Crippen LogP contribution in [0.15, 0.2) is 11.0 Å². The molecule has 3 N–H and O–H groups in total. The molecule has 0 aliphatic carbocycles. The number of rotatable bonds is 4. The maximum atomic E-state index is 13.4. The van der Waals surface area contributed by atoms with Gasteiger partial charge in [-0.15, -0.1) is 0 Å². The van der Waals surface area contributed by atoms with Crippen molar-refractivity contribution in [3.63, 3.8) is 0 Å². The molecule has 1 aromatic rings. The third kappa shape index (κ3) is 3.21. The van der Waals surface area contributed by atoms with E-state index in [0.717, 1.165) is 13.2 Å².